The van der Waals surface area contributed by atoms with Crippen LogP contribution in [0.25, 0.3) is 6.08 Å². The number of hydrogen-bond donors (Lipinski definition) is 3. The maximum atomic E-state index is 12.2. The van der Waals surface area contributed by atoms with Crippen molar-refractivity contribution in [1.82, 2.24) is 5.32 Å². The van der Waals surface area contributed by atoms with Gasteiger partial charge in [-0.25, -0.2) is 0 Å². The van der Waals surface area contributed by atoms with Crippen molar-refractivity contribution in [3.63, 3.8) is 0 Å². The summed E-state index contributed by atoms with van der Waals surface area (Å²) in [4.78, 5) is 12.2. The van der Waals surface area contributed by atoms with Gasteiger partial charge in [0.15, 0.2) is 11.5 Å². The Morgan fingerprint density at radius 1 is 1.32 bits per heavy atom. The lowest BCUT2D eigenvalue weighted by Crippen LogP contribution is -2.41. The van der Waals surface area contributed by atoms with Crippen LogP contribution in [0.5, 0.6) is 11.5 Å². The van der Waals surface area contributed by atoms with Gasteiger partial charge in [0, 0.05) is 6.04 Å². The van der Waals surface area contributed by atoms with E-state index in [-0.39, 0.29) is 23.1 Å². The molecule has 5 heteroatoms. The van der Waals surface area contributed by atoms with E-state index in [1.54, 1.807) is 0 Å². The lowest BCUT2D eigenvalue weighted by atomic mass is 9.86. The topological polar surface area (TPSA) is 93.4 Å². The van der Waals surface area contributed by atoms with Crippen LogP contribution in [0.4, 0.5) is 0 Å². The molecule has 3 N–H and O–H groups in total. The highest BCUT2D eigenvalue weighted by Crippen LogP contribution is 2.26. The van der Waals surface area contributed by atoms with Crippen LogP contribution >= 0.6 is 0 Å². The molecule has 0 aliphatic heterocycles. The zero-order valence-electron chi connectivity index (χ0n) is 12.5. The van der Waals surface area contributed by atoms with E-state index in [0.717, 1.165) is 19.3 Å². The first-order valence-corrected chi connectivity index (χ1v) is 7.46. The van der Waals surface area contributed by atoms with Gasteiger partial charge in [-0.2, -0.15) is 5.26 Å². The van der Waals surface area contributed by atoms with Gasteiger partial charge in [0.2, 0.25) is 0 Å². The van der Waals surface area contributed by atoms with Gasteiger partial charge in [-0.3, -0.25) is 4.79 Å². The maximum Gasteiger partial charge on any atom is 0.262 e. The fourth-order valence-electron chi connectivity index (χ4n) is 2.72. The predicted molar refractivity (Wildman–Crippen MR) is 82.9 cm³/mol. The minimum absolute atomic E-state index is 0.0112. The third kappa shape index (κ3) is 3.79. The SMILES string of the molecule is CC1CCCCC1NC(=O)/C(C#N)=C/c1ccc(O)c(O)c1. The van der Waals surface area contributed by atoms with Gasteiger partial charge < -0.3 is 15.5 Å². The summed E-state index contributed by atoms with van der Waals surface area (Å²) in [6.45, 7) is 2.11. The van der Waals surface area contributed by atoms with E-state index in [0.29, 0.717) is 11.5 Å². The molecule has 1 aromatic carbocycles. The Labute approximate surface area is 129 Å². The van der Waals surface area contributed by atoms with Gasteiger partial charge in [-0.05, 0) is 42.5 Å². The molecular weight excluding hydrogens is 280 g/mol. The average Bonchev–Trinajstić information content (AvgIpc) is 2.50. The Hall–Kier alpha value is -2.48. The summed E-state index contributed by atoms with van der Waals surface area (Å²) >= 11 is 0. The highest BCUT2D eigenvalue weighted by Gasteiger charge is 2.24. The summed E-state index contributed by atoms with van der Waals surface area (Å²) in [6, 6.07) is 6.15. The predicted octanol–water partition coefficient (Wildman–Crippen LogP) is 2.70. The lowest BCUT2D eigenvalue weighted by Gasteiger charge is -2.29. The van der Waals surface area contributed by atoms with Crippen molar-refractivity contribution in [2.45, 2.75) is 38.6 Å². The van der Waals surface area contributed by atoms with Gasteiger partial charge in [-0.15, -0.1) is 0 Å². The zero-order chi connectivity index (χ0) is 16.1. The first-order valence-electron chi connectivity index (χ1n) is 7.46. The van der Waals surface area contributed by atoms with Crippen molar-refractivity contribution in [2.24, 2.45) is 5.92 Å². The smallest absolute Gasteiger partial charge is 0.262 e. The van der Waals surface area contributed by atoms with Crippen molar-refractivity contribution >= 4 is 12.0 Å². The van der Waals surface area contributed by atoms with E-state index in [1.807, 2.05) is 6.07 Å². The van der Waals surface area contributed by atoms with Gasteiger partial charge in [0.05, 0.1) is 0 Å². The molecule has 2 atom stereocenters. The number of carbonyl (C=O) groups excluding carboxylic acids is 1. The molecule has 2 rings (SSSR count). The number of nitrogens with one attached hydrogen (secondary N) is 1. The molecule has 0 heterocycles. The van der Waals surface area contributed by atoms with E-state index >= 15 is 0 Å². The molecule has 1 saturated carbocycles. The number of phenolic OH excluding ortho intramolecular Hbond substituents is 2. The molecule has 1 aliphatic rings. The molecule has 0 spiro atoms. The Morgan fingerprint density at radius 2 is 2.05 bits per heavy atom. The lowest BCUT2D eigenvalue weighted by molar-refractivity contribution is -0.118. The van der Waals surface area contributed by atoms with Crippen LogP contribution in [0.3, 0.4) is 0 Å². The van der Waals surface area contributed by atoms with Crippen molar-refractivity contribution in [3.05, 3.63) is 29.3 Å². The molecule has 1 aliphatic carbocycles. The molecule has 1 amide bonds. The molecule has 1 aromatic rings. The summed E-state index contributed by atoms with van der Waals surface area (Å²) in [7, 11) is 0. The molecule has 1 fully saturated rings. The summed E-state index contributed by atoms with van der Waals surface area (Å²) in [5.41, 5.74) is 0.474. The Kier molecular flexibility index (Phi) is 5.05. The molecular formula is C17H20N2O3. The number of nitriles is 1. The second-order valence-corrected chi connectivity index (χ2v) is 5.76. The van der Waals surface area contributed by atoms with E-state index in [4.69, 9.17) is 0 Å². The molecule has 116 valence electrons. The van der Waals surface area contributed by atoms with Crippen molar-refractivity contribution < 1.29 is 15.0 Å². The van der Waals surface area contributed by atoms with E-state index in [2.05, 4.69) is 12.2 Å². The van der Waals surface area contributed by atoms with Crippen LogP contribution in [-0.4, -0.2) is 22.2 Å². The van der Waals surface area contributed by atoms with Crippen LogP contribution < -0.4 is 5.32 Å². The first kappa shape index (κ1) is 15.9. The third-order valence-electron chi connectivity index (χ3n) is 4.10. The van der Waals surface area contributed by atoms with Crippen LogP contribution in [0.15, 0.2) is 23.8 Å². The summed E-state index contributed by atoms with van der Waals surface area (Å²) in [5, 5.41) is 30.8. The Balaban J connectivity index is 2.13. The van der Waals surface area contributed by atoms with Crippen LogP contribution in [0.2, 0.25) is 0 Å². The highest BCUT2D eigenvalue weighted by atomic mass is 16.3. The fraction of sp³-hybridized carbons (Fsp3) is 0.412. The normalized spacial score (nSPS) is 21.9. The number of carbonyl (C=O) groups is 1. The van der Waals surface area contributed by atoms with Crippen LogP contribution in [0, 0.1) is 17.2 Å². The van der Waals surface area contributed by atoms with Gasteiger partial charge >= 0.3 is 0 Å². The van der Waals surface area contributed by atoms with Crippen LogP contribution in [-0.2, 0) is 4.79 Å². The fourth-order valence-corrected chi connectivity index (χ4v) is 2.72. The average molecular weight is 300 g/mol. The van der Waals surface area contributed by atoms with Gasteiger partial charge in [0.25, 0.3) is 5.91 Å². The number of rotatable bonds is 3. The highest BCUT2D eigenvalue weighted by molar-refractivity contribution is 6.01. The number of aromatic hydroxyl groups is 2. The number of hydrogen-bond acceptors (Lipinski definition) is 4. The second kappa shape index (κ2) is 6.99. The molecule has 5 nitrogen and oxygen atoms in total. The van der Waals surface area contributed by atoms with Gasteiger partial charge in [-0.1, -0.05) is 25.8 Å². The maximum absolute atomic E-state index is 12.2. The Morgan fingerprint density at radius 3 is 2.68 bits per heavy atom. The monoisotopic (exact) mass is 300 g/mol. The molecule has 22 heavy (non-hydrogen) atoms. The van der Waals surface area contributed by atoms with Crippen molar-refractivity contribution in [1.29, 1.82) is 5.26 Å². The molecule has 0 aromatic heterocycles. The third-order valence-corrected chi connectivity index (χ3v) is 4.10. The van der Waals surface area contributed by atoms with Gasteiger partial charge in [0.1, 0.15) is 11.6 Å². The largest absolute Gasteiger partial charge is 0.504 e. The summed E-state index contributed by atoms with van der Waals surface area (Å²) in [5.74, 6) is -0.507. The molecule has 2 unspecified atom stereocenters. The molecule has 0 radical (unpaired) electrons. The van der Waals surface area contributed by atoms with Crippen molar-refractivity contribution in [2.75, 3.05) is 0 Å². The minimum atomic E-state index is -0.395. The first-order chi connectivity index (χ1) is 10.5. The standard InChI is InChI=1S/C17H20N2O3/c1-11-4-2-3-5-14(11)19-17(22)13(10-18)8-12-6-7-15(20)16(21)9-12/h6-9,11,14,20-21H,2-5H2,1H3,(H,19,22)/b13-8+. The zero-order valence-corrected chi connectivity index (χ0v) is 12.5. The quantitative estimate of drug-likeness (QED) is 0.454. The van der Waals surface area contributed by atoms with Crippen LogP contribution in [0.1, 0.15) is 38.2 Å². The van der Waals surface area contributed by atoms with E-state index < -0.39 is 5.91 Å². The van der Waals surface area contributed by atoms with E-state index in [9.17, 15) is 20.3 Å². The number of amides is 1. The number of phenols is 2. The molecule has 0 saturated heterocycles. The Bertz CT molecular complexity index is 631. The van der Waals surface area contributed by atoms with Crippen molar-refractivity contribution in [3.8, 4) is 17.6 Å². The number of nitrogens with zero attached hydrogens (tertiary/aromatic N) is 1. The summed E-state index contributed by atoms with van der Waals surface area (Å²) < 4.78 is 0. The summed E-state index contributed by atoms with van der Waals surface area (Å²) in [6.07, 6.45) is 5.70. The number of benzene rings is 1. The minimum Gasteiger partial charge on any atom is -0.504 e. The second-order valence-electron chi connectivity index (χ2n) is 5.76. The van der Waals surface area contributed by atoms with E-state index in [1.165, 1.54) is 30.7 Å². The molecule has 0 bridgehead atoms.